The van der Waals surface area contributed by atoms with Crippen molar-refractivity contribution in [3.05, 3.63) is 47.3 Å². The first-order valence-electron chi connectivity index (χ1n) is 8.22. The van der Waals surface area contributed by atoms with Crippen LogP contribution in [0.25, 0.3) is 0 Å². The van der Waals surface area contributed by atoms with Gasteiger partial charge in [0.15, 0.2) is 5.69 Å². The second-order valence-electron chi connectivity index (χ2n) is 5.96. The standard InChI is InChI=1S/C18H21N3O4/c1-4-25-18(23)15-9-16-17(22)20(10-12(2)21(16)19-15)11-13-5-7-14(24-3)8-6-13/h5-9,12H,4,10-11H2,1-3H3. The van der Waals surface area contributed by atoms with Crippen LogP contribution in [0.5, 0.6) is 5.75 Å². The Kier molecular flexibility index (Phi) is 4.74. The Labute approximate surface area is 146 Å². The lowest BCUT2D eigenvalue weighted by Crippen LogP contribution is -2.41. The van der Waals surface area contributed by atoms with Gasteiger partial charge < -0.3 is 14.4 Å². The van der Waals surface area contributed by atoms with Crippen LogP contribution < -0.4 is 4.74 Å². The molecule has 0 fully saturated rings. The topological polar surface area (TPSA) is 73.7 Å². The SMILES string of the molecule is CCOC(=O)c1cc2n(n1)C(C)CN(Cc1ccc(OC)cc1)C2=O. The van der Waals surface area contributed by atoms with Crippen molar-refractivity contribution in [2.24, 2.45) is 0 Å². The third-order valence-electron chi connectivity index (χ3n) is 4.16. The van der Waals surface area contributed by atoms with E-state index in [2.05, 4.69) is 5.10 Å². The highest BCUT2D eigenvalue weighted by molar-refractivity contribution is 5.96. The first-order valence-corrected chi connectivity index (χ1v) is 8.22. The molecule has 1 amide bonds. The number of hydrogen-bond acceptors (Lipinski definition) is 5. The average Bonchev–Trinajstić information content (AvgIpc) is 3.07. The predicted octanol–water partition coefficient (Wildman–Crippen LogP) is 2.29. The highest BCUT2D eigenvalue weighted by atomic mass is 16.5. The Hall–Kier alpha value is -2.83. The van der Waals surface area contributed by atoms with Gasteiger partial charge >= 0.3 is 5.97 Å². The number of methoxy groups -OCH3 is 1. The molecule has 3 rings (SSSR count). The second kappa shape index (κ2) is 6.96. The number of benzene rings is 1. The minimum Gasteiger partial charge on any atom is -0.497 e. The molecule has 1 aromatic heterocycles. The molecule has 0 saturated heterocycles. The third-order valence-corrected chi connectivity index (χ3v) is 4.16. The maximum absolute atomic E-state index is 12.8. The number of ether oxygens (including phenoxy) is 2. The highest BCUT2D eigenvalue weighted by Crippen LogP contribution is 2.24. The van der Waals surface area contributed by atoms with E-state index >= 15 is 0 Å². The summed E-state index contributed by atoms with van der Waals surface area (Å²) in [4.78, 5) is 26.4. The largest absolute Gasteiger partial charge is 0.497 e. The fourth-order valence-corrected chi connectivity index (χ4v) is 2.92. The van der Waals surface area contributed by atoms with Gasteiger partial charge in [-0.3, -0.25) is 9.48 Å². The van der Waals surface area contributed by atoms with Gasteiger partial charge in [0.25, 0.3) is 5.91 Å². The molecule has 7 heteroatoms. The van der Waals surface area contributed by atoms with E-state index in [1.54, 1.807) is 23.6 Å². The van der Waals surface area contributed by atoms with E-state index in [9.17, 15) is 9.59 Å². The van der Waals surface area contributed by atoms with Crippen LogP contribution in [0.3, 0.4) is 0 Å². The molecule has 7 nitrogen and oxygen atoms in total. The molecule has 1 aliphatic rings. The van der Waals surface area contributed by atoms with Gasteiger partial charge in [0.1, 0.15) is 11.4 Å². The second-order valence-corrected chi connectivity index (χ2v) is 5.96. The fourth-order valence-electron chi connectivity index (χ4n) is 2.92. The van der Waals surface area contributed by atoms with E-state index in [1.165, 1.54) is 6.07 Å². The monoisotopic (exact) mass is 343 g/mol. The lowest BCUT2D eigenvalue weighted by molar-refractivity contribution is 0.0516. The van der Waals surface area contributed by atoms with Crippen molar-refractivity contribution < 1.29 is 19.1 Å². The summed E-state index contributed by atoms with van der Waals surface area (Å²) in [5.41, 5.74) is 1.60. The summed E-state index contributed by atoms with van der Waals surface area (Å²) in [7, 11) is 1.62. The molecular weight excluding hydrogens is 322 g/mol. The number of amides is 1. The van der Waals surface area contributed by atoms with Gasteiger partial charge in [-0.2, -0.15) is 5.10 Å². The first kappa shape index (κ1) is 17.0. The van der Waals surface area contributed by atoms with Crippen LogP contribution in [0.2, 0.25) is 0 Å². The molecule has 0 N–H and O–H groups in total. The lowest BCUT2D eigenvalue weighted by Gasteiger charge is -2.31. The summed E-state index contributed by atoms with van der Waals surface area (Å²) in [5, 5.41) is 4.24. The Balaban J connectivity index is 1.81. The molecule has 0 aliphatic carbocycles. The molecule has 1 aromatic carbocycles. The number of rotatable bonds is 5. The number of nitrogens with zero attached hydrogens (tertiary/aromatic N) is 3. The quantitative estimate of drug-likeness (QED) is 0.779. The minimum absolute atomic E-state index is 0.0193. The molecule has 1 aliphatic heterocycles. The van der Waals surface area contributed by atoms with E-state index in [0.717, 1.165) is 11.3 Å². The molecule has 0 radical (unpaired) electrons. The zero-order valence-electron chi connectivity index (χ0n) is 14.6. The van der Waals surface area contributed by atoms with Crippen LogP contribution in [0.4, 0.5) is 0 Å². The molecule has 132 valence electrons. The van der Waals surface area contributed by atoms with E-state index in [1.807, 2.05) is 31.2 Å². The zero-order chi connectivity index (χ0) is 18.0. The summed E-state index contributed by atoms with van der Waals surface area (Å²) < 4.78 is 11.7. The number of hydrogen-bond donors (Lipinski definition) is 0. The Morgan fingerprint density at radius 2 is 2.04 bits per heavy atom. The molecule has 0 bridgehead atoms. The maximum atomic E-state index is 12.8. The van der Waals surface area contributed by atoms with Crippen molar-refractivity contribution >= 4 is 11.9 Å². The number of fused-ring (bicyclic) bond motifs is 1. The Morgan fingerprint density at radius 3 is 2.68 bits per heavy atom. The van der Waals surface area contributed by atoms with Gasteiger partial charge in [0, 0.05) is 19.2 Å². The van der Waals surface area contributed by atoms with Crippen LogP contribution in [0.15, 0.2) is 30.3 Å². The van der Waals surface area contributed by atoms with Gasteiger partial charge in [-0.25, -0.2) is 4.79 Å². The van der Waals surface area contributed by atoms with Crippen molar-refractivity contribution in [3.8, 4) is 5.75 Å². The molecule has 2 heterocycles. The molecule has 25 heavy (non-hydrogen) atoms. The summed E-state index contributed by atoms with van der Waals surface area (Å²) in [6.45, 7) is 5.00. The van der Waals surface area contributed by atoms with E-state index < -0.39 is 5.97 Å². The summed E-state index contributed by atoms with van der Waals surface area (Å²) in [5.74, 6) is 0.127. The predicted molar refractivity (Wildman–Crippen MR) is 90.6 cm³/mol. The van der Waals surface area contributed by atoms with Crippen molar-refractivity contribution in [3.63, 3.8) is 0 Å². The number of carbonyl (C=O) groups excluding carboxylic acids is 2. The molecule has 1 atom stereocenters. The summed E-state index contributed by atoms with van der Waals surface area (Å²) >= 11 is 0. The van der Waals surface area contributed by atoms with Gasteiger partial charge in [-0.05, 0) is 31.5 Å². The van der Waals surface area contributed by atoms with E-state index in [4.69, 9.17) is 9.47 Å². The van der Waals surface area contributed by atoms with Gasteiger partial charge in [0.05, 0.1) is 19.8 Å². The zero-order valence-corrected chi connectivity index (χ0v) is 14.6. The molecule has 2 aromatic rings. The maximum Gasteiger partial charge on any atom is 0.358 e. The Morgan fingerprint density at radius 1 is 1.32 bits per heavy atom. The van der Waals surface area contributed by atoms with Crippen LogP contribution in [0.1, 0.15) is 46.4 Å². The number of aromatic nitrogens is 2. The highest BCUT2D eigenvalue weighted by Gasteiger charge is 2.32. The normalized spacial score (nSPS) is 16.5. The van der Waals surface area contributed by atoms with Crippen LogP contribution in [-0.2, 0) is 11.3 Å². The minimum atomic E-state index is -0.508. The van der Waals surface area contributed by atoms with Crippen LogP contribution >= 0.6 is 0 Å². The molecule has 1 unspecified atom stereocenters. The van der Waals surface area contributed by atoms with Crippen molar-refractivity contribution in [2.75, 3.05) is 20.3 Å². The van der Waals surface area contributed by atoms with Crippen LogP contribution in [0, 0.1) is 0 Å². The van der Waals surface area contributed by atoms with E-state index in [0.29, 0.717) is 18.8 Å². The number of carbonyl (C=O) groups is 2. The Bertz CT molecular complexity index is 782. The molecule has 0 saturated carbocycles. The molecular formula is C18H21N3O4. The van der Waals surface area contributed by atoms with Crippen molar-refractivity contribution in [1.29, 1.82) is 0 Å². The van der Waals surface area contributed by atoms with Gasteiger partial charge in [0.2, 0.25) is 0 Å². The lowest BCUT2D eigenvalue weighted by atomic mass is 10.1. The van der Waals surface area contributed by atoms with Crippen molar-refractivity contribution in [1.82, 2.24) is 14.7 Å². The average molecular weight is 343 g/mol. The van der Waals surface area contributed by atoms with Gasteiger partial charge in [-0.15, -0.1) is 0 Å². The van der Waals surface area contributed by atoms with Crippen molar-refractivity contribution in [2.45, 2.75) is 26.4 Å². The number of esters is 1. The summed E-state index contributed by atoms with van der Waals surface area (Å²) in [6, 6.07) is 9.11. The fraction of sp³-hybridized carbons (Fsp3) is 0.389. The van der Waals surface area contributed by atoms with E-state index in [-0.39, 0.29) is 24.2 Å². The smallest absolute Gasteiger partial charge is 0.358 e. The summed E-state index contributed by atoms with van der Waals surface area (Å²) in [6.07, 6.45) is 0. The van der Waals surface area contributed by atoms with Gasteiger partial charge in [-0.1, -0.05) is 12.1 Å². The molecule has 0 spiro atoms. The third kappa shape index (κ3) is 3.35. The first-order chi connectivity index (χ1) is 12.0. The van der Waals surface area contributed by atoms with Crippen LogP contribution in [-0.4, -0.2) is 46.8 Å².